The van der Waals surface area contributed by atoms with E-state index in [0.717, 1.165) is 5.69 Å². The number of benzene rings is 1. The van der Waals surface area contributed by atoms with Gasteiger partial charge in [-0.2, -0.15) is 0 Å². The van der Waals surface area contributed by atoms with Gasteiger partial charge in [-0.1, -0.05) is 24.6 Å². The monoisotopic (exact) mass is 292 g/mol. The van der Waals surface area contributed by atoms with Gasteiger partial charge in [0.1, 0.15) is 11.0 Å². The number of aromatic nitrogens is 1. The van der Waals surface area contributed by atoms with Crippen LogP contribution in [0.3, 0.4) is 0 Å². The molecule has 1 aromatic heterocycles. The molecule has 2 rings (SSSR count). The van der Waals surface area contributed by atoms with Gasteiger partial charge >= 0.3 is 0 Å². The molecule has 0 saturated carbocycles. The molecule has 0 spiro atoms. The molecule has 1 aromatic carbocycles. The van der Waals surface area contributed by atoms with E-state index in [0.29, 0.717) is 23.2 Å². The van der Waals surface area contributed by atoms with Crippen molar-refractivity contribution in [1.29, 1.82) is 0 Å². The molecule has 5 heteroatoms. The average Bonchev–Trinajstić information content (AvgIpc) is 2.43. The van der Waals surface area contributed by atoms with Crippen LogP contribution in [0.5, 0.6) is 0 Å². The van der Waals surface area contributed by atoms with Gasteiger partial charge in [0.15, 0.2) is 0 Å². The first-order valence-electron chi connectivity index (χ1n) is 6.24. The lowest BCUT2D eigenvalue weighted by atomic mass is 10.1. The van der Waals surface area contributed by atoms with E-state index in [1.165, 1.54) is 12.1 Å². The van der Waals surface area contributed by atoms with E-state index in [-0.39, 0.29) is 16.9 Å². The smallest absolute Gasteiger partial charge is 0.255 e. The van der Waals surface area contributed by atoms with Crippen molar-refractivity contribution in [1.82, 2.24) is 4.98 Å². The summed E-state index contributed by atoms with van der Waals surface area (Å²) in [6, 6.07) is 7.72. The molecule has 0 bridgehead atoms. The second kappa shape index (κ2) is 6.01. The van der Waals surface area contributed by atoms with E-state index in [4.69, 9.17) is 11.6 Å². The summed E-state index contributed by atoms with van der Waals surface area (Å²) in [4.78, 5) is 16.3. The summed E-state index contributed by atoms with van der Waals surface area (Å²) in [5.41, 5.74) is 1.99. The van der Waals surface area contributed by atoms with Gasteiger partial charge in [0.05, 0.1) is 0 Å². The lowest BCUT2D eigenvalue weighted by molar-refractivity contribution is 0.102. The van der Waals surface area contributed by atoms with Crippen molar-refractivity contribution in [2.45, 2.75) is 20.3 Å². The first kappa shape index (κ1) is 14.5. The second-order valence-corrected chi connectivity index (χ2v) is 4.78. The summed E-state index contributed by atoms with van der Waals surface area (Å²) >= 11 is 5.88. The Morgan fingerprint density at radius 1 is 1.40 bits per heavy atom. The highest BCUT2D eigenvalue weighted by Crippen LogP contribution is 2.19. The fraction of sp³-hybridized carbons (Fsp3) is 0.200. The largest absolute Gasteiger partial charge is 0.322 e. The van der Waals surface area contributed by atoms with Gasteiger partial charge in [0, 0.05) is 22.5 Å². The van der Waals surface area contributed by atoms with Crippen LogP contribution in [0.15, 0.2) is 30.3 Å². The van der Waals surface area contributed by atoms with Crippen molar-refractivity contribution in [3.8, 4) is 0 Å². The number of carbonyl (C=O) groups excluding carboxylic acids is 1. The number of carbonyl (C=O) groups is 1. The van der Waals surface area contributed by atoms with Gasteiger partial charge in [-0.15, -0.1) is 0 Å². The maximum absolute atomic E-state index is 13.4. The normalized spacial score (nSPS) is 10.4. The van der Waals surface area contributed by atoms with Gasteiger partial charge in [-0.3, -0.25) is 4.79 Å². The molecule has 0 unspecified atom stereocenters. The van der Waals surface area contributed by atoms with Crippen molar-refractivity contribution in [2.24, 2.45) is 0 Å². The lowest BCUT2D eigenvalue weighted by Gasteiger charge is -2.09. The molecule has 2 aromatic rings. The first-order valence-corrected chi connectivity index (χ1v) is 6.62. The molecule has 104 valence electrons. The minimum absolute atomic E-state index is 0.269. The number of anilines is 1. The molecule has 0 aliphatic heterocycles. The Labute approximate surface area is 121 Å². The van der Waals surface area contributed by atoms with E-state index in [1.54, 1.807) is 25.1 Å². The zero-order chi connectivity index (χ0) is 14.7. The van der Waals surface area contributed by atoms with Crippen molar-refractivity contribution in [3.05, 3.63) is 58.1 Å². The second-order valence-electron chi connectivity index (χ2n) is 4.39. The Balaban J connectivity index is 2.28. The molecule has 0 radical (unpaired) electrons. The summed E-state index contributed by atoms with van der Waals surface area (Å²) in [6.07, 6.45) is 0.680. The fourth-order valence-electron chi connectivity index (χ4n) is 1.80. The minimum atomic E-state index is -0.357. The summed E-state index contributed by atoms with van der Waals surface area (Å²) in [5, 5.41) is 2.95. The number of amides is 1. The van der Waals surface area contributed by atoms with Crippen molar-refractivity contribution < 1.29 is 9.18 Å². The van der Waals surface area contributed by atoms with Gasteiger partial charge in [0.25, 0.3) is 5.91 Å². The van der Waals surface area contributed by atoms with Crippen LogP contribution in [0.2, 0.25) is 5.15 Å². The van der Waals surface area contributed by atoms with Crippen LogP contribution in [0, 0.1) is 12.7 Å². The number of hydrogen-bond acceptors (Lipinski definition) is 2. The number of nitrogens with zero attached hydrogens (tertiary/aromatic N) is 1. The molecule has 1 N–H and O–H groups in total. The molecule has 3 nitrogen and oxygen atoms in total. The molecular formula is C15H14ClFN2O. The zero-order valence-corrected chi connectivity index (χ0v) is 12.0. The van der Waals surface area contributed by atoms with Crippen molar-refractivity contribution >= 4 is 23.2 Å². The van der Waals surface area contributed by atoms with Crippen LogP contribution in [0.4, 0.5) is 10.1 Å². The molecule has 0 saturated heterocycles. The topological polar surface area (TPSA) is 42.0 Å². The molecule has 1 amide bonds. The number of pyridine rings is 1. The Morgan fingerprint density at radius 2 is 2.15 bits per heavy atom. The molecule has 0 aliphatic carbocycles. The number of rotatable bonds is 3. The van der Waals surface area contributed by atoms with Crippen LogP contribution in [-0.4, -0.2) is 10.9 Å². The quantitative estimate of drug-likeness (QED) is 0.869. The molecular weight excluding hydrogens is 279 g/mol. The standard InChI is InChI=1S/C15H14ClFN2O/c1-3-11-7-10(8-14(16)18-11)15(20)19-13-6-4-5-12(17)9(13)2/h4-8H,3H2,1-2H3,(H,19,20). The summed E-state index contributed by atoms with van der Waals surface area (Å²) < 4.78 is 13.4. The highest BCUT2D eigenvalue weighted by Gasteiger charge is 2.11. The molecule has 1 heterocycles. The van der Waals surface area contributed by atoms with E-state index in [2.05, 4.69) is 10.3 Å². The number of halogens is 2. The Hall–Kier alpha value is -1.94. The summed E-state index contributed by atoms with van der Waals surface area (Å²) in [7, 11) is 0. The fourth-order valence-corrected chi connectivity index (χ4v) is 2.03. The molecule has 0 fully saturated rings. The van der Waals surface area contributed by atoms with Crippen molar-refractivity contribution in [2.75, 3.05) is 5.32 Å². The zero-order valence-electron chi connectivity index (χ0n) is 11.2. The molecule has 0 aliphatic rings. The predicted molar refractivity (Wildman–Crippen MR) is 77.7 cm³/mol. The predicted octanol–water partition coefficient (Wildman–Crippen LogP) is 4.00. The van der Waals surface area contributed by atoms with E-state index in [9.17, 15) is 9.18 Å². The highest BCUT2D eigenvalue weighted by molar-refractivity contribution is 6.29. The van der Waals surface area contributed by atoms with Crippen LogP contribution in [0.1, 0.15) is 28.5 Å². The molecule has 20 heavy (non-hydrogen) atoms. The van der Waals surface area contributed by atoms with Crippen LogP contribution < -0.4 is 5.32 Å². The molecule has 0 atom stereocenters. The number of aryl methyl sites for hydroxylation is 1. The maximum Gasteiger partial charge on any atom is 0.255 e. The van der Waals surface area contributed by atoms with Gasteiger partial charge in [-0.25, -0.2) is 9.37 Å². The minimum Gasteiger partial charge on any atom is -0.322 e. The Morgan fingerprint density at radius 3 is 2.85 bits per heavy atom. The van der Waals surface area contributed by atoms with Gasteiger partial charge < -0.3 is 5.32 Å². The van der Waals surface area contributed by atoms with Crippen molar-refractivity contribution in [3.63, 3.8) is 0 Å². The highest BCUT2D eigenvalue weighted by atomic mass is 35.5. The summed E-state index contributed by atoms with van der Waals surface area (Å²) in [5.74, 6) is -0.692. The first-order chi connectivity index (χ1) is 9.51. The Kier molecular flexibility index (Phi) is 4.35. The third kappa shape index (κ3) is 3.14. The van der Waals surface area contributed by atoms with Gasteiger partial charge in [-0.05, 0) is 37.6 Å². The van der Waals surface area contributed by atoms with Crippen LogP contribution in [-0.2, 0) is 6.42 Å². The summed E-state index contributed by atoms with van der Waals surface area (Å²) in [6.45, 7) is 3.54. The van der Waals surface area contributed by atoms with E-state index < -0.39 is 0 Å². The van der Waals surface area contributed by atoms with E-state index >= 15 is 0 Å². The lowest BCUT2D eigenvalue weighted by Crippen LogP contribution is -2.14. The Bertz CT molecular complexity index is 658. The third-order valence-corrected chi connectivity index (χ3v) is 3.18. The SMILES string of the molecule is CCc1cc(C(=O)Nc2cccc(F)c2C)cc(Cl)n1. The number of hydrogen-bond donors (Lipinski definition) is 1. The van der Waals surface area contributed by atoms with E-state index in [1.807, 2.05) is 6.92 Å². The maximum atomic E-state index is 13.4. The third-order valence-electron chi connectivity index (χ3n) is 2.99. The van der Waals surface area contributed by atoms with Gasteiger partial charge in [0.2, 0.25) is 0 Å². The van der Waals surface area contributed by atoms with Crippen LogP contribution in [0.25, 0.3) is 0 Å². The number of nitrogens with one attached hydrogen (secondary N) is 1. The average molecular weight is 293 g/mol. The van der Waals surface area contributed by atoms with Crippen LogP contribution >= 0.6 is 11.6 Å².